The molecule has 3 aliphatic rings. The lowest BCUT2D eigenvalue weighted by Gasteiger charge is -2.49. The van der Waals surface area contributed by atoms with Gasteiger partial charge >= 0.3 is 5.97 Å². The van der Waals surface area contributed by atoms with Crippen LogP contribution in [-0.2, 0) is 53.9 Å². The SMILES string of the molecule is CCC(=O)NC1=C(C)[C@H]2OCC(=NOCc3ccc(-c4nc(N)cs4)cn3)CO[C@](C)(C[C@H]1C)[C@H](O[C@@H]1O[C@H](C)C[C@H](N(C)C)[C@H]1O[Si](C)(C)C)[C@@H](C)C(=O)[C@](C)(F)C(=O)O[C@H](CC)[C@@]2(C)O. The van der Waals surface area contributed by atoms with Crippen molar-refractivity contribution < 1.29 is 56.8 Å². The van der Waals surface area contributed by atoms with Gasteiger partial charge in [-0.1, -0.05) is 32.9 Å². The number of esters is 1. The lowest BCUT2D eigenvalue weighted by atomic mass is 9.76. The molecule has 1 fully saturated rings. The van der Waals surface area contributed by atoms with Crippen LogP contribution in [0.25, 0.3) is 10.6 Å². The second-order valence-corrected chi connectivity index (χ2v) is 25.3. The van der Waals surface area contributed by atoms with Gasteiger partial charge in [0.1, 0.15) is 40.5 Å². The van der Waals surface area contributed by atoms with E-state index >= 15 is 4.39 Å². The van der Waals surface area contributed by atoms with Crippen LogP contribution in [0.2, 0.25) is 19.6 Å². The summed E-state index contributed by atoms with van der Waals surface area (Å²) in [6.07, 6.45) is -3.59. The number of thiazole rings is 1. The van der Waals surface area contributed by atoms with Crippen molar-refractivity contribution >= 4 is 48.8 Å². The number of Topliss-reactive ketones (excluding diaryl/α,β-unsaturated/α-hetero) is 1. The van der Waals surface area contributed by atoms with E-state index in [1.165, 1.54) is 25.2 Å². The number of alkyl halides is 1. The molecule has 4 N–H and O–H groups in total. The summed E-state index contributed by atoms with van der Waals surface area (Å²) in [5.41, 5.74) is 1.41. The van der Waals surface area contributed by atoms with Crippen LogP contribution in [0.4, 0.5) is 10.2 Å². The van der Waals surface area contributed by atoms with Crippen molar-refractivity contribution in [2.45, 2.75) is 174 Å². The fourth-order valence-corrected chi connectivity index (χ4v) is 11.0. The third-order valence-electron chi connectivity index (χ3n) is 12.7. The zero-order valence-corrected chi connectivity index (χ0v) is 43.5. The molecule has 2 aromatic rings. The number of rotatable bonds is 12. The highest BCUT2D eigenvalue weighted by atomic mass is 32.1. The third kappa shape index (κ3) is 12.9. The average molecular weight is 977 g/mol. The summed E-state index contributed by atoms with van der Waals surface area (Å²) in [5, 5.41) is 22.6. The minimum absolute atomic E-state index is 0.000664. The van der Waals surface area contributed by atoms with Crippen molar-refractivity contribution in [3.05, 3.63) is 40.7 Å². The van der Waals surface area contributed by atoms with Gasteiger partial charge in [-0.15, -0.1) is 11.3 Å². The van der Waals surface area contributed by atoms with Crippen molar-refractivity contribution in [2.24, 2.45) is 17.0 Å². The lowest BCUT2D eigenvalue weighted by molar-refractivity contribution is -0.293. The van der Waals surface area contributed by atoms with Crippen molar-refractivity contribution in [3.8, 4) is 10.6 Å². The van der Waals surface area contributed by atoms with E-state index in [1.807, 2.05) is 34.0 Å². The molecule has 0 spiro atoms. The van der Waals surface area contributed by atoms with Gasteiger partial charge in [0.2, 0.25) is 5.91 Å². The number of ether oxygens (including phenoxy) is 5. The van der Waals surface area contributed by atoms with Gasteiger partial charge in [-0.2, -0.15) is 0 Å². The number of nitrogen functional groups attached to an aromatic ring is 1. The Morgan fingerprint density at radius 3 is 2.42 bits per heavy atom. The molecule has 5 heterocycles. The van der Waals surface area contributed by atoms with E-state index in [0.717, 1.165) is 17.5 Å². The summed E-state index contributed by atoms with van der Waals surface area (Å²) < 4.78 is 57.1. The van der Waals surface area contributed by atoms with Crippen LogP contribution in [0.3, 0.4) is 0 Å². The second-order valence-electron chi connectivity index (χ2n) is 20.0. The number of anilines is 1. The summed E-state index contributed by atoms with van der Waals surface area (Å²) in [5.74, 6) is -4.48. The van der Waals surface area contributed by atoms with E-state index in [1.54, 1.807) is 45.3 Å². The number of halogens is 1. The summed E-state index contributed by atoms with van der Waals surface area (Å²) >= 11 is 1.40. The average Bonchev–Trinajstić information content (AvgIpc) is 3.69. The van der Waals surface area contributed by atoms with Crippen LogP contribution in [-0.4, -0.2) is 139 Å². The highest BCUT2D eigenvalue weighted by Gasteiger charge is 2.56. The Hall–Kier alpha value is -3.73. The molecule has 0 unspecified atom stereocenters. The number of aliphatic hydroxyl groups is 1. The predicted molar refractivity (Wildman–Crippen MR) is 255 cm³/mol. The lowest BCUT2D eigenvalue weighted by Crippen LogP contribution is -2.62. The highest BCUT2D eigenvalue weighted by Crippen LogP contribution is 2.42. The van der Waals surface area contributed by atoms with E-state index in [9.17, 15) is 19.5 Å². The zero-order chi connectivity index (χ0) is 49.8. The van der Waals surface area contributed by atoms with Gasteiger partial charge in [-0.25, -0.2) is 14.2 Å². The van der Waals surface area contributed by atoms with Gasteiger partial charge < -0.3 is 54.0 Å². The maximum Gasteiger partial charge on any atom is 0.351 e. The van der Waals surface area contributed by atoms with Gasteiger partial charge in [-0.05, 0) is 111 Å². The first-order valence-electron chi connectivity index (χ1n) is 23.1. The molecule has 12 atom stereocenters. The maximum absolute atomic E-state index is 17.2. The number of cyclic esters (lactones) is 1. The molecule has 3 aliphatic heterocycles. The number of fused-ring (bicyclic) bond motifs is 4. The molecule has 1 amide bonds. The standard InChI is InChI=1S/C47H73FN6O11SSi/c1-15-34-47(9,58)41-28(5)37(52-36(55)16-2)26(3)20-45(7,60-23-32(22-59-41)53-61-24-31-18-17-30(21-50-31)42-51-35(49)25-66-42)40(29(6)39(56)46(8,48)44(57)63-34)64-43-38(65-67(12,13)14)33(54(10)11)19-27(4)62-43/h17-18,21,25-27,29,33-34,38,40-41,43,58H,15-16,19-20,22-24,49H2,1-14H3,(H,52,55)/t26-,27-,29+,33+,34-,38-,40-,41-,43+,45-,46+,47-/m1/s1. The molecule has 0 radical (unpaired) electrons. The van der Waals surface area contributed by atoms with Gasteiger partial charge in [0.05, 0.1) is 36.7 Å². The number of oxime groups is 1. The largest absolute Gasteiger partial charge is 0.457 e. The monoisotopic (exact) mass is 976 g/mol. The quantitative estimate of drug-likeness (QED) is 0.0915. The Bertz CT molecular complexity index is 2110. The summed E-state index contributed by atoms with van der Waals surface area (Å²) in [4.78, 5) is 59.0. The molecule has 67 heavy (non-hydrogen) atoms. The molecule has 0 aliphatic carbocycles. The first-order valence-corrected chi connectivity index (χ1v) is 27.4. The van der Waals surface area contributed by atoms with Crippen LogP contribution >= 0.6 is 11.3 Å². The number of carbonyl (C=O) groups is 3. The number of pyridine rings is 1. The van der Waals surface area contributed by atoms with Crippen LogP contribution < -0.4 is 11.1 Å². The highest BCUT2D eigenvalue weighted by molar-refractivity contribution is 7.13. The molecule has 2 bridgehead atoms. The van der Waals surface area contributed by atoms with Gasteiger partial charge in [0.15, 0.2) is 27.0 Å². The first-order chi connectivity index (χ1) is 31.2. The number of nitrogens with two attached hydrogens (primary N) is 1. The smallest absolute Gasteiger partial charge is 0.351 e. The maximum atomic E-state index is 17.2. The molecule has 2 aromatic heterocycles. The number of ketones is 1. The fraction of sp³-hybridized carbons (Fsp3) is 0.702. The molecular weight excluding hydrogens is 904 g/mol. The Kier molecular flexibility index (Phi) is 17.7. The second kappa shape index (κ2) is 21.9. The number of allylic oxidation sites excluding steroid dienone is 1. The normalized spacial score (nSPS) is 34.6. The topological polar surface area (TPSA) is 215 Å². The van der Waals surface area contributed by atoms with Gasteiger partial charge in [0.25, 0.3) is 5.67 Å². The number of nitrogens with one attached hydrogen (secondary N) is 1. The molecule has 0 aromatic carbocycles. The van der Waals surface area contributed by atoms with Crippen molar-refractivity contribution in [2.75, 3.05) is 33.0 Å². The minimum Gasteiger partial charge on any atom is -0.457 e. The fourth-order valence-electron chi connectivity index (χ4n) is 9.26. The van der Waals surface area contributed by atoms with Crippen LogP contribution in [0.5, 0.6) is 0 Å². The summed E-state index contributed by atoms with van der Waals surface area (Å²) in [6.45, 7) is 20.0. The van der Waals surface area contributed by atoms with Crippen LogP contribution in [0.15, 0.2) is 40.1 Å². The van der Waals surface area contributed by atoms with E-state index in [-0.39, 0.29) is 62.8 Å². The predicted octanol–water partition coefficient (Wildman–Crippen LogP) is 6.35. The Balaban J connectivity index is 1.70. The van der Waals surface area contributed by atoms with E-state index in [4.69, 9.17) is 38.7 Å². The van der Waals surface area contributed by atoms with Crippen molar-refractivity contribution in [3.63, 3.8) is 0 Å². The molecule has 5 rings (SSSR count). The van der Waals surface area contributed by atoms with Crippen molar-refractivity contribution in [1.29, 1.82) is 0 Å². The Morgan fingerprint density at radius 2 is 1.84 bits per heavy atom. The molecule has 1 saturated heterocycles. The van der Waals surface area contributed by atoms with Gasteiger partial charge in [-0.3, -0.25) is 14.6 Å². The number of hydrogen-bond acceptors (Lipinski definition) is 17. The molecule has 0 saturated carbocycles. The van der Waals surface area contributed by atoms with Gasteiger partial charge in [0, 0.05) is 41.2 Å². The van der Waals surface area contributed by atoms with E-state index < -0.39 is 79.5 Å². The molecule has 17 nitrogen and oxygen atoms in total. The van der Waals surface area contributed by atoms with Crippen molar-refractivity contribution in [1.82, 2.24) is 20.2 Å². The minimum atomic E-state index is -3.20. The van der Waals surface area contributed by atoms with E-state index in [0.29, 0.717) is 29.2 Å². The Labute approximate surface area is 399 Å². The number of amides is 1. The number of carbonyl (C=O) groups excluding carboxylic acids is 3. The third-order valence-corrected chi connectivity index (χ3v) is 14.6. The number of aromatic nitrogens is 2. The molecule has 374 valence electrons. The number of nitrogens with zero attached hydrogens (tertiary/aromatic N) is 4. The summed E-state index contributed by atoms with van der Waals surface area (Å²) in [7, 11) is 1.61. The zero-order valence-electron chi connectivity index (χ0n) is 41.6. The Morgan fingerprint density at radius 1 is 1.13 bits per heavy atom. The number of hydrogen-bond donors (Lipinski definition) is 3. The van der Waals surface area contributed by atoms with Crippen LogP contribution in [0.1, 0.15) is 93.7 Å². The molecule has 20 heteroatoms. The van der Waals surface area contributed by atoms with E-state index in [2.05, 4.69) is 45.0 Å². The first kappa shape index (κ1) is 54.2. The van der Waals surface area contributed by atoms with Crippen LogP contribution in [0, 0.1) is 11.8 Å². The summed E-state index contributed by atoms with van der Waals surface area (Å²) in [6, 6.07) is 3.46. The molecular formula is C47H73FN6O11SSi. The number of likely N-dealkylation sites (N-methyl/N-ethyl adjacent to an activating group) is 1.